The van der Waals surface area contributed by atoms with E-state index >= 15 is 8.78 Å². The number of fused-ring (bicyclic) bond motifs is 3. The van der Waals surface area contributed by atoms with E-state index < -0.39 is 38.5 Å². The molecule has 0 saturated heterocycles. The van der Waals surface area contributed by atoms with Crippen LogP contribution in [0.5, 0.6) is 0 Å². The molecule has 0 bridgehead atoms. The lowest BCUT2D eigenvalue weighted by Gasteiger charge is -2.45. The third-order valence-electron chi connectivity index (χ3n) is 8.82. The molecule has 44 heavy (non-hydrogen) atoms. The van der Waals surface area contributed by atoms with Crippen LogP contribution in [0.2, 0.25) is 5.04 Å². The summed E-state index contributed by atoms with van der Waals surface area (Å²) in [5.74, 6) is -3.13. The number of hydrogen-bond acceptors (Lipinski definition) is 4. The van der Waals surface area contributed by atoms with Crippen molar-refractivity contribution in [1.82, 2.24) is 20.1 Å². The number of hydrogen-bond donors (Lipinski definition) is 1. The van der Waals surface area contributed by atoms with Crippen molar-refractivity contribution in [1.29, 1.82) is 0 Å². The number of pyridine rings is 1. The van der Waals surface area contributed by atoms with Crippen molar-refractivity contribution < 1.29 is 13.2 Å². The van der Waals surface area contributed by atoms with Crippen molar-refractivity contribution in [3.05, 3.63) is 119 Å². The fourth-order valence-corrected chi connectivity index (χ4v) is 11.7. The molecule has 1 aliphatic rings. The van der Waals surface area contributed by atoms with Crippen LogP contribution < -0.4 is 10.4 Å². The minimum Gasteiger partial charge on any atom is -0.401 e. The van der Waals surface area contributed by atoms with E-state index in [1.54, 1.807) is 6.20 Å². The van der Waals surface area contributed by atoms with Gasteiger partial charge in [0.1, 0.15) is 0 Å². The van der Waals surface area contributed by atoms with Crippen molar-refractivity contribution in [3.8, 4) is 0 Å². The number of H-pyrrole nitrogens is 1. The number of alkyl halides is 2. The molecule has 0 radical (unpaired) electrons. The molecule has 0 fully saturated rings. The molecule has 1 N–H and O–H groups in total. The van der Waals surface area contributed by atoms with Crippen LogP contribution in [0.4, 0.5) is 8.78 Å². The summed E-state index contributed by atoms with van der Waals surface area (Å²) in [6, 6.07) is 27.1. The Hall–Kier alpha value is -3.24. The molecule has 5 nitrogen and oxygen atoms in total. The van der Waals surface area contributed by atoms with E-state index in [2.05, 4.69) is 46.9 Å². The number of rotatable bonds is 8. The molecule has 0 saturated carbocycles. The highest BCUT2D eigenvalue weighted by Crippen LogP contribution is 2.42. The van der Waals surface area contributed by atoms with Gasteiger partial charge in [0.15, 0.2) is 0 Å². The van der Waals surface area contributed by atoms with Gasteiger partial charge in [-0.3, -0.25) is 15.0 Å². The Morgan fingerprint density at radius 3 is 2.18 bits per heavy atom. The van der Waals surface area contributed by atoms with Crippen LogP contribution in [0.15, 0.2) is 102 Å². The molecular weight excluding hydrogens is 638 g/mol. The summed E-state index contributed by atoms with van der Waals surface area (Å²) in [4.78, 5) is 6.60. The number of aromatic amines is 1. The maximum Gasteiger partial charge on any atom is 0.282 e. The summed E-state index contributed by atoms with van der Waals surface area (Å²) >= 11 is 3.48. The second-order valence-electron chi connectivity index (χ2n) is 12.8. The highest BCUT2D eigenvalue weighted by atomic mass is 79.9. The second kappa shape index (κ2) is 11.9. The number of nitrogens with zero attached hydrogens (tertiary/aromatic N) is 3. The molecule has 3 aromatic carbocycles. The third-order valence-corrected chi connectivity index (χ3v) is 14.3. The van der Waals surface area contributed by atoms with E-state index in [1.165, 1.54) is 0 Å². The fourth-order valence-electron chi connectivity index (χ4n) is 6.84. The Balaban J connectivity index is 1.37. The molecule has 228 valence electrons. The average Bonchev–Trinajstić information content (AvgIpc) is 3.49. The van der Waals surface area contributed by atoms with E-state index in [-0.39, 0.29) is 6.04 Å². The van der Waals surface area contributed by atoms with Crippen molar-refractivity contribution >= 4 is 45.5 Å². The fraction of sp³-hybridized carbons (Fsp3) is 0.314. The van der Waals surface area contributed by atoms with Crippen LogP contribution >= 0.6 is 15.9 Å². The molecule has 2 atom stereocenters. The summed E-state index contributed by atoms with van der Waals surface area (Å²) in [5.41, 5.74) is 3.78. The minimum atomic E-state index is -3.14. The standard InChI is InChI=1S/C35H37BrF2N4OSi/c1-24-19-29-28(16-18-31-30(29)21-40-41-31)33(32-17-15-25(36)20-39-32)42(24)22-35(37,38)23-43-44(34(2,3)4,26-11-7-5-8-12-26)27-13-9-6-10-14-27/h5-18,20-21,24,33H,19,22-23H2,1-4H3,(H,40,41)/t24-,33+/m1/s1. The normalized spacial score (nSPS) is 18.0. The van der Waals surface area contributed by atoms with Gasteiger partial charge in [-0.1, -0.05) is 87.5 Å². The van der Waals surface area contributed by atoms with Gasteiger partial charge in [-0.15, -0.1) is 0 Å². The Morgan fingerprint density at radius 1 is 0.932 bits per heavy atom. The summed E-state index contributed by atoms with van der Waals surface area (Å²) in [6.07, 6.45) is 4.19. The highest BCUT2D eigenvalue weighted by molar-refractivity contribution is 9.10. The second-order valence-corrected chi connectivity index (χ2v) is 18.0. The van der Waals surface area contributed by atoms with E-state index in [4.69, 9.17) is 9.41 Å². The molecule has 6 rings (SSSR count). The van der Waals surface area contributed by atoms with E-state index in [9.17, 15) is 0 Å². The largest absolute Gasteiger partial charge is 0.401 e. The lowest BCUT2D eigenvalue weighted by molar-refractivity contribution is -0.0821. The molecule has 0 amide bonds. The van der Waals surface area contributed by atoms with Crippen molar-refractivity contribution in [3.63, 3.8) is 0 Å². The van der Waals surface area contributed by atoms with Gasteiger partial charge >= 0.3 is 0 Å². The van der Waals surface area contributed by atoms with Gasteiger partial charge in [-0.05, 0) is 74.0 Å². The van der Waals surface area contributed by atoms with Gasteiger partial charge in [0.2, 0.25) is 0 Å². The Labute approximate surface area is 266 Å². The first kappa shape index (κ1) is 30.8. The summed E-state index contributed by atoms with van der Waals surface area (Å²) in [5, 5.41) is 9.88. The lowest BCUT2D eigenvalue weighted by Crippen LogP contribution is -2.67. The maximum atomic E-state index is 16.5. The van der Waals surface area contributed by atoms with Gasteiger partial charge in [0, 0.05) is 22.1 Å². The van der Waals surface area contributed by atoms with Gasteiger partial charge in [0.05, 0.1) is 36.6 Å². The van der Waals surface area contributed by atoms with Crippen LogP contribution in [0.3, 0.4) is 0 Å². The average molecular weight is 676 g/mol. The first-order chi connectivity index (χ1) is 21.0. The Bertz CT molecular complexity index is 1690. The van der Waals surface area contributed by atoms with Crippen molar-refractivity contribution in [2.75, 3.05) is 13.2 Å². The van der Waals surface area contributed by atoms with Crippen LogP contribution in [-0.2, 0) is 10.8 Å². The quantitative estimate of drug-likeness (QED) is 0.176. The molecule has 5 aromatic rings. The Morgan fingerprint density at radius 2 is 1.59 bits per heavy atom. The number of nitrogens with one attached hydrogen (secondary N) is 1. The van der Waals surface area contributed by atoms with Crippen molar-refractivity contribution in [2.45, 2.75) is 57.2 Å². The van der Waals surface area contributed by atoms with Gasteiger partial charge in [0.25, 0.3) is 14.2 Å². The predicted octanol–water partition coefficient (Wildman–Crippen LogP) is 7.27. The zero-order valence-electron chi connectivity index (χ0n) is 25.4. The number of benzene rings is 3. The zero-order valence-corrected chi connectivity index (χ0v) is 28.0. The summed E-state index contributed by atoms with van der Waals surface area (Å²) in [6.45, 7) is 7.19. The molecule has 9 heteroatoms. The van der Waals surface area contributed by atoms with E-state index in [0.717, 1.165) is 42.6 Å². The molecular formula is C35H37BrF2N4OSi. The van der Waals surface area contributed by atoms with E-state index in [1.807, 2.05) is 103 Å². The van der Waals surface area contributed by atoms with Crippen LogP contribution in [0, 0.1) is 0 Å². The van der Waals surface area contributed by atoms with Crippen molar-refractivity contribution in [2.24, 2.45) is 0 Å². The third kappa shape index (κ3) is 5.67. The monoisotopic (exact) mass is 674 g/mol. The SMILES string of the molecule is C[C@@H]1Cc2c(ccc3[nH]ncc23)[C@@H](c2ccc(Br)cn2)N1CC(F)(F)CO[Si](c1ccccc1)(c1ccccc1)C(C)(C)C. The predicted molar refractivity (Wildman–Crippen MR) is 178 cm³/mol. The highest BCUT2D eigenvalue weighted by Gasteiger charge is 2.52. The van der Waals surface area contributed by atoms with Gasteiger partial charge < -0.3 is 4.43 Å². The smallest absolute Gasteiger partial charge is 0.282 e. The lowest BCUT2D eigenvalue weighted by atomic mass is 9.85. The molecule has 1 aliphatic heterocycles. The first-order valence-electron chi connectivity index (χ1n) is 14.9. The van der Waals surface area contributed by atoms with E-state index in [0.29, 0.717) is 6.42 Å². The molecule has 0 unspecified atom stereocenters. The summed E-state index contributed by atoms with van der Waals surface area (Å²) in [7, 11) is -3.14. The molecule has 3 heterocycles. The van der Waals surface area contributed by atoms with Crippen LogP contribution in [0.25, 0.3) is 10.9 Å². The topological polar surface area (TPSA) is 54.0 Å². The van der Waals surface area contributed by atoms with Crippen LogP contribution in [-0.4, -0.2) is 53.5 Å². The maximum absolute atomic E-state index is 16.5. The number of aromatic nitrogens is 3. The molecule has 0 spiro atoms. The van der Waals surface area contributed by atoms with Crippen LogP contribution in [0.1, 0.15) is 50.6 Å². The molecule has 0 aliphatic carbocycles. The van der Waals surface area contributed by atoms with Gasteiger partial charge in [-0.2, -0.15) is 5.10 Å². The Kier molecular flexibility index (Phi) is 8.34. The first-order valence-corrected chi connectivity index (χ1v) is 17.7. The van der Waals surface area contributed by atoms with Gasteiger partial charge in [-0.25, -0.2) is 8.78 Å². The summed E-state index contributed by atoms with van der Waals surface area (Å²) < 4.78 is 40.5. The minimum absolute atomic E-state index is 0.169. The zero-order chi connectivity index (χ0) is 31.1. The molecule has 2 aromatic heterocycles. The number of halogens is 3.